The standard InChI is InChI=1S/C18H24N2O2S2/c21-24(22)2-1-15(11-24)19-9-16-10-23-17(20-16)18-6-12-3-13(7-18)5-14(4-12)8-18/h1-2,10,12-15,19H,3-9,11H2/t12?,13?,14?,15-,18?/m0/s1. The molecule has 4 nitrogen and oxygen atoms in total. The normalized spacial score (nSPS) is 42.0. The summed E-state index contributed by atoms with van der Waals surface area (Å²) in [5, 5.41) is 8.17. The number of aromatic nitrogens is 1. The predicted octanol–water partition coefficient (Wildman–Crippen LogP) is 3.01. The van der Waals surface area contributed by atoms with Gasteiger partial charge in [0.25, 0.3) is 0 Å². The molecule has 0 amide bonds. The minimum atomic E-state index is -2.99. The summed E-state index contributed by atoms with van der Waals surface area (Å²) in [6, 6.07) is -0.0697. The lowest BCUT2D eigenvalue weighted by Gasteiger charge is -2.56. The van der Waals surface area contributed by atoms with Crippen LogP contribution >= 0.6 is 11.3 Å². The van der Waals surface area contributed by atoms with E-state index < -0.39 is 9.84 Å². The Hall–Kier alpha value is -0.720. The molecule has 0 unspecified atom stereocenters. The fraction of sp³-hybridized carbons (Fsp3) is 0.722. The van der Waals surface area contributed by atoms with Gasteiger partial charge in [-0.05, 0) is 56.3 Å². The zero-order valence-electron chi connectivity index (χ0n) is 13.8. The van der Waals surface area contributed by atoms with Crippen LogP contribution in [0.5, 0.6) is 0 Å². The van der Waals surface area contributed by atoms with Gasteiger partial charge in [0.2, 0.25) is 0 Å². The molecule has 1 aromatic heterocycles. The van der Waals surface area contributed by atoms with Crippen molar-refractivity contribution in [3.05, 3.63) is 27.6 Å². The van der Waals surface area contributed by atoms with Gasteiger partial charge in [-0.25, -0.2) is 13.4 Å². The van der Waals surface area contributed by atoms with Crippen LogP contribution in [0.15, 0.2) is 16.9 Å². The molecule has 4 saturated carbocycles. The Morgan fingerprint density at radius 1 is 1.17 bits per heavy atom. The van der Waals surface area contributed by atoms with Crippen LogP contribution in [0.4, 0.5) is 0 Å². The van der Waals surface area contributed by atoms with Crippen LogP contribution < -0.4 is 5.32 Å². The summed E-state index contributed by atoms with van der Waals surface area (Å²) in [5.74, 6) is 3.00. The number of hydrogen-bond acceptors (Lipinski definition) is 5. The third kappa shape index (κ3) is 2.67. The fourth-order valence-electron chi connectivity index (χ4n) is 5.94. The summed E-state index contributed by atoms with van der Waals surface area (Å²) < 4.78 is 23.0. The van der Waals surface area contributed by atoms with E-state index in [1.54, 1.807) is 6.08 Å². The highest BCUT2D eigenvalue weighted by Crippen LogP contribution is 2.61. The van der Waals surface area contributed by atoms with E-state index in [2.05, 4.69) is 10.7 Å². The number of rotatable bonds is 4. The Morgan fingerprint density at radius 3 is 2.42 bits per heavy atom. The van der Waals surface area contributed by atoms with Gasteiger partial charge in [-0.2, -0.15) is 0 Å². The molecule has 0 saturated heterocycles. The summed E-state index contributed by atoms with van der Waals surface area (Å²) in [4.78, 5) is 4.98. The lowest BCUT2D eigenvalue weighted by Crippen LogP contribution is -2.48. The van der Waals surface area contributed by atoms with E-state index in [-0.39, 0.29) is 11.8 Å². The Morgan fingerprint density at radius 2 is 1.83 bits per heavy atom. The molecule has 0 radical (unpaired) electrons. The topological polar surface area (TPSA) is 59.1 Å². The second-order valence-electron chi connectivity index (χ2n) is 8.49. The molecule has 0 aromatic carbocycles. The molecule has 4 bridgehead atoms. The van der Waals surface area contributed by atoms with Crippen molar-refractivity contribution >= 4 is 21.2 Å². The van der Waals surface area contributed by atoms with Crippen molar-refractivity contribution in [3.63, 3.8) is 0 Å². The zero-order chi connectivity index (χ0) is 16.4. The van der Waals surface area contributed by atoms with Crippen molar-refractivity contribution in [1.29, 1.82) is 0 Å². The van der Waals surface area contributed by atoms with Gasteiger partial charge in [0.15, 0.2) is 9.84 Å². The molecule has 1 atom stereocenters. The molecule has 1 N–H and O–H groups in total. The van der Waals surface area contributed by atoms with Crippen LogP contribution in [0.2, 0.25) is 0 Å². The third-order valence-electron chi connectivity index (χ3n) is 6.52. The van der Waals surface area contributed by atoms with Crippen LogP contribution in [0.3, 0.4) is 0 Å². The molecule has 4 aliphatic carbocycles. The van der Waals surface area contributed by atoms with Gasteiger partial charge in [0.1, 0.15) is 0 Å². The third-order valence-corrected chi connectivity index (χ3v) is 9.05. The molecule has 4 fully saturated rings. The molecule has 5 aliphatic rings. The van der Waals surface area contributed by atoms with Gasteiger partial charge in [0, 0.05) is 28.8 Å². The lowest BCUT2D eigenvalue weighted by molar-refractivity contribution is -0.00534. The smallest absolute Gasteiger partial charge is 0.173 e. The van der Waals surface area contributed by atoms with Crippen molar-refractivity contribution in [1.82, 2.24) is 10.3 Å². The van der Waals surface area contributed by atoms with E-state index in [1.165, 1.54) is 48.9 Å². The van der Waals surface area contributed by atoms with Crippen molar-refractivity contribution in [2.24, 2.45) is 17.8 Å². The summed E-state index contributed by atoms with van der Waals surface area (Å²) in [6.45, 7) is 0.660. The maximum atomic E-state index is 11.5. The minimum Gasteiger partial charge on any atom is -0.304 e. The Bertz CT molecular complexity index is 745. The Labute approximate surface area is 147 Å². The van der Waals surface area contributed by atoms with Crippen LogP contribution in [-0.2, 0) is 21.8 Å². The molecule has 130 valence electrons. The van der Waals surface area contributed by atoms with Gasteiger partial charge in [-0.3, -0.25) is 0 Å². The second-order valence-corrected chi connectivity index (χ2v) is 11.3. The maximum absolute atomic E-state index is 11.5. The van der Waals surface area contributed by atoms with Crippen molar-refractivity contribution < 1.29 is 8.42 Å². The van der Waals surface area contributed by atoms with Gasteiger partial charge >= 0.3 is 0 Å². The molecule has 0 spiro atoms. The van der Waals surface area contributed by atoms with Gasteiger partial charge in [-0.1, -0.05) is 6.08 Å². The monoisotopic (exact) mass is 364 g/mol. The van der Waals surface area contributed by atoms with Crippen molar-refractivity contribution in [2.75, 3.05) is 5.75 Å². The first-order valence-corrected chi connectivity index (χ1v) is 11.7. The molecular formula is C18H24N2O2S2. The predicted molar refractivity (Wildman–Crippen MR) is 95.5 cm³/mol. The maximum Gasteiger partial charge on any atom is 0.173 e. The summed E-state index contributed by atoms with van der Waals surface area (Å²) >= 11 is 1.83. The van der Waals surface area contributed by atoms with Crippen LogP contribution in [-0.4, -0.2) is 25.2 Å². The molecule has 1 aliphatic heterocycles. The summed E-state index contributed by atoms with van der Waals surface area (Å²) in [5.41, 5.74) is 1.44. The van der Waals surface area contributed by atoms with E-state index in [4.69, 9.17) is 4.98 Å². The number of nitrogens with one attached hydrogen (secondary N) is 1. The van der Waals surface area contributed by atoms with E-state index in [0.29, 0.717) is 12.0 Å². The highest BCUT2D eigenvalue weighted by molar-refractivity contribution is 7.94. The quantitative estimate of drug-likeness (QED) is 0.892. The van der Waals surface area contributed by atoms with E-state index in [0.717, 1.165) is 23.4 Å². The highest BCUT2D eigenvalue weighted by Gasteiger charge is 2.52. The Kier molecular flexibility index (Phi) is 3.48. The first kappa shape index (κ1) is 15.5. The van der Waals surface area contributed by atoms with Crippen molar-refractivity contribution in [3.8, 4) is 0 Å². The molecular weight excluding hydrogens is 340 g/mol. The van der Waals surface area contributed by atoms with Crippen LogP contribution in [0.25, 0.3) is 0 Å². The van der Waals surface area contributed by atoms with Gasteiger partial charge < -0.3 is 5.32 Å². The summed E-state index contributed by atoms with van der Waals surface area (Å²) in [7, 11) is -2.99. The average molecular weight is 365 g/mol. The number of nitrogens with zero attached hydrogens (tertiary/aromatic N) is 1. The summed E-state index contributed by atoms with van der Waals surface area (Å²) in [6.07, 6.45) is 10.2. The SMILES string of the molecule is O=S1(=O)C=C[C@H](NCc2csc(C34CC5CC(CC(C5)C3)C4)n2)C1. The second kappa shape index (κ2) is 5.39. The first-order chi connectivity index (χ1) is 11.5. The molecule has 1 aromatic rings. The van der Waals surface area contributed by atoms with E-state index in [9.17, 15) is 8.42 Å². The average Bonchev–Trinajstić information content (AvgIpc) is 3.10. The number of thiazole rings is 1. The van der Waals surface area contributed by atoms with Gasteiger partial charge in [-0.15, -0.1) is 11.3 Å². The van der Waals surface area contributed by atoms with Crippen LogP contribution in [0.1, 0.15) is 49.2 Å². The van der Waals surface area contributed by atoms with E-state index >= 15 is 0 Å². The highest BCUT2D eigenvalue weighted by atomic mass is 32.2. The molecule has 6 heteroatoms. The molecule has 6 rings (SSSR count). The first-order valence-electron chi connectivity index (χ1n) is 9.09. The molecule has 24 heavy (non-hydrogen) atoms. The zero-order valence-corrected chi connectivity index (χ0v) is 15.4. The van der Waals surface area contributed by atoms with Gasteiger partial charge in [0.05, 0.1) is 16.5 Å². The van der Waals surface area contributed by atoms with Crippen LogP contribution in [0, 0.1) is 17.8 Å². The number of sulfone groups is 1. The molecule has 2 heterocycles. The van der Waals surface area contributed by atoms with Crippen molar-refractivity contribution in [2.45, 2.75) is 56.5 Å². The number of hydrogen-bond donors (Lipinski definition) is 1. The largest absolute Gasteiger partial charge is 0.304 e. The fourth-order valence-corrected chi connectivity index (χ4v) is 8.27. The Balaban J connectivity index is 1.29. The lowest BCUT2D eigenvalue weighted by atomic mass is 9.50. The van der Waals surface area contributed by atoms with E-state index in [1.807, 2.05) is 11.3 Å². The minimum absolute atomic E-state index is 0.0697.